The van der Waals surface area contributed by atoms with Crippen molar-refractivity contribution in [3.8, 4) is 0 Å². The van der Waals surface area contributed by atoms with Crippen molar-refractivity contribution in [1.29, 1.82) is 0 Å². The van der Waals surface area contributed by atoms with E-state index in [4.69, 9.17) is 5.73 Å². The van der Waals surface area contributed by atoms with Gasteiger partial charge in [0.25, 0.3) is 0 Å². The highest BCUT2D eigenvalue weighted by atomic mass is 35.5. The summed E-state index contributed by atoms with van der Waals surface area (Å²) in [6.07, 6.45) is 6.50. The number of rotatable bonds is 2. The predicted octanol–water partition coefficient (Wildman–Crippen LogP) is 2.57. The van der Waals surface area contributed by atoms with Crippen LogP contribution in [0.25, 0.3) is 0 Å². The number of carbonyl (C=O) groups excluding carboxylic acids is 1. The number of nitrogens with zero attached hydrogens (tertiary/aromatic N) is 1. The van der Waals surface area contributed by atoms with Crippen molar-refractivity contribution in [2.75, 3.05) is 13.1 Å². The molecule has 0 aromatic carbocycles. The highest BCUT2D eigenvalue weighted by Gasteiger charge is 2.32. The van der Waals surface area contributed by atoms with Crippen LogP contribution in [0.5, 0.6) is 0 Å². The van der Waals surface area contributed by atoms with Crippen LogP contribution in [0.4, 0.5) is 0 Å². The summed E-state index contributed by atoms with van der Waals surface area (Å²) in [5, 5.41) is 0. The molecule has 0 unspecified atom stereocenters. The lowest BCUT2D eigenvalue weighted by Crippen LogP contribution is -2.44. The van der Waals surface area contributed by atoms with E-state index in [1.54, 1.807) is 0 Å². The van der Waals surface area contributed by atoms with Crippen LogP contribution >= 0.6 is 12.4 Å². The molecule has 2 fully saturated rings. The fourth-order valence-electron chi connectivity index (χ4n) is 3.31. The number of hydrogen-bond acceptors (Lipinski definition) is 2. The third-order valence-electron chi connectivity index (χ3n) is 4.41. The van der Waals surface area contributed by atoms with Crippen LogP contribution in [0.2, 0.25) is 0 Å². The van der Waals surface area contributed by atoms with E-state index in [0.29, 0.717) is 23.7 Å². The normalized spacial score (nSPS) is 30.9. The number of likely N-dealkylation sites (tertiary alicyclic amines) is 1. The molecule has 4 heteroatoms. The molecule has 2 rings (SSSR count). The van der Waals surface area contributed by atoms with Crippen LogP contribution in [0.1, 0.15) is 52.4 Å². The van der Waals surface area contributed by atoms with Crippen molar-refractivity contribution in [1.82, 2.24) is 4.90 Å². The van der Waals surface area contributed by atoms with Gasteiger partial charge in [-0.2, -0.15) is 0 Å². The van der Waals surface area contributed by atoms with Gasteiger partial charge in [0.15, 0.2) is 0 Å². The third kappa shape index (κ3) is 3.86. The standard InChI is InChI=1S/C14H26N2O.ClH/c1-14(2)7-4-8-16(10-14)13(17)9-11-5-3-6-12(11)15;/h11-12H,3-10,15H2,1-2H3;1H/t11-,12+;/m0./s1. The second-order valence-corrected chi connectivity index (χ2v) is 6.64. The molecule has 2 aliphatic rings. The SMILES string of the molecule is CC1(C)CCCN(C(=O)C[C@@H]2CCC[C@H]2N)C1.Cl. The number of halogens is 1. The Kier molecular flexibility index (Phi) is 5.47. The van der Waals surface area contributed by atoms with Gasteiger partial charge in [0, 0.05) is 25.6 Å². The second kappa shape index (κ2) is 6.25. The van der Waals surface area contributed by atoms with E-state index in [1.165, 1.54) is 12.8 Å². The van der Waals surface area contributed by atoms with E-state index >= 15 is 0 Å². The molecule has 2 N–H and O–H groups in total. The van der Waals surface area contributed by atoms with Crippen LogP contribution in [0, 0.1) is 11.3 Å². The Morgan fingerprint density at radius 3 is 2.61 bits per heavy atom. The lowest BCUT2D eigenvalue weighted by molar-refractivity contribution is -0.135. The molecule has 3 nitrogen and oxygen atoms in total. The Morgan fingerprint density at radius 2 is 2.06 bits per heavy atom. The van der Waals surface area contributed by atoms with Crippen molar-refractivity contribution >= 4 is 18.3 Å². The predicted molar refractivity (Wildman–Crippen MR) is 76.8 cm³/mol. The van der Waals surface area contributed by atoms with Crippen molar-refractivity contribution < 1.29 is 4.79 Å². The van der Waals surface area contributed by atoms with Gasteiger partial charge in [0.2, 0.25) is 5.91 Å². The number of nitrogens with two attached hydrogens (primary N) is 1. The van der Waals surface area contributed by atoms with E-state index in [1.807, 2.05) is 0 Å². The highest BCUT2D eigenvalue weighted by Crippen LogP contribution is 2.31. The molecule has 2 atom stereocenters. The average molecular weight is 275 g/mol. The lowest BCUT2D eigenvalue weighted by atomic mass is 9.84. The summed E-state index contributed by atoms with van der Waals surface area (Å²) < 4.78 is 0. The van der Waals surface area contributed by atoms with Gasteiger partial charge in [-0.3, -0.25) is 4.79 Å². The summed E-state index contributed by atoms with van der Waals surface area (Å²) in [5.74, 6) is 0.771. The molecule has 1 saturated carbocycles. The molecule has 0 aromatic heterocycles. The molecule has 18 heavy (non-hydrogen) atoms. The molecule has 0 bridgehead atoms. The quantitative estimate of drug-likeness (QED) is 0.841. The van der Waals surface area contributed by atoms with E-state index in [2.05, 4.69) is 18.7 Å². The van der Waals surface area contributed by atoms with E-state index in [-0.39, 0.29) is 18.4 Å². The number of hydrogen-bond donors (Lipinski definition) is 1. The van der Waals surface area contributed by atoms with E-state index in [9.17, 15) is 4.79 Å². The smallest absolute Gasteiger partial charge is 0.222 e. The van der Waals surface area contributed by atoms with Gasteiger partial charge in [-0.15, -0.1) is 12.4 Å². The summed E-state index contributed by atoms with van der Waals surface area (Å²) in [5.41, 5.74) is 6.34. The highest BCUT2D eigenvalue weighted by molar-refractivity contribution is 5.85. The zero-order chi connectivity index (χ0) is 12.5. The maximum atomic E-state index is 12.3. The molecule has 1 amide bonds. The van der Waals surface area contributed by atoms with Gasteiger partial charge in [0.05, 0.1) is 0 Å². The minimum Gasteiger partial charge on any atom is -0.342 e. The fourth-order valence-corrected chi connectivity index (χ4v) is 3.31. The van der Waals surface area contributed by atoms with E-state index < -0.39 is 0 Å². The van der Waals surface area contributed by atoms with Crippen molar-refractivity contribution in [2.24, 2.45) is 17.1 Å². The molecular weight excluding hydrogens is 248 g/mol. The van der Waals surface area contributed by atoms with Gasteiger partial charge < -0.3 is 10.6 Å². The van der Waals surface area contributed by atoms with Crippen LogP contribution in [0.15, 0.2) is 0 Å². The Labute approximate surface area is 117 Å². The molecule has 0 spiro atoms. The van der Waals surface area contributed by atoms with Gasteiger partial charge in [-0.25, -0.2) is 0 Å². The maximum absolute atomic E-state index is 12.3. The molecule has 106 valence electrons. The largest absolute Gasteiger partial charge is 0.342 e. The van der Waals surface area contributed by atoms with Crippen LogP contribution in [-0.4, -0.2) is 29.9 Å². The third-order valence-corrected chi connectivity index (χ3v) is 4.41. The Bertz CT molecular complexity index is 294. The molecule has 0 aromatic rings. The Balaban J connectivity index is 0.00000162. The second-order valence-electron chi connectivity index (χ2n) is 6.64. The van der Waals surface area contributed by atoms with Crippen LogP contribution < -0.4 is 5.73 Å². The van der Waals surface area contributed by atoms with Crippen molar-refractivity contribution in [3.05, 3.63) is 0 Å². The van der Waals surface area contributed by atoms with Gasteiger partial charge in [0.1, 0.15) is 0 Å². The zero-order valence-electron chi connectivity index (χ0n) is 11.7. The van der Waals surface area contributed by atoms with E-state index in [0.717, 1.165) is 32.4 Å². The van der Waals surface area contributed by atoms with Crippen molar-refractivity contribution in [2.45, 2.75) is 58.4 Å². The molecule has 1 aliphatic heterocycles. The first-order valence-corrected chi connectivity index (χ1v) is 7.01. The first-order valence-electron chi connectivity index (χ1n) is 7.01. The monoisotopic (exact) mass is 274 g/mol. The fraction of sp³-hybridized carbons (Fsp3) is 0.929. The van der Waals surface area contributed by atoms with Crippen molar-refractivity contribution in [3.63, 3.8) is 0 Å². The Morgan fingerprint density at radius 1 is 1.33 bits per heavy atom. The summed E-state index contributed by atoms with van der Waals surface area (Å²) in [4.78, 5) is 14.3. The average Bonchev–Trinajstić information content (AvgIpc) is 2.63. The molecule has 1 saturated heterocycles. The number of amides is 1. The lowest BCUT2D eigenvalue weighted by Gasteiger charge is -2.38. The molecular formula is C14H27ClN2O. The summed E-state index contributed by atoms with van der Waals surface area (Å²) in [7, 11) is 0. The topological polar surface area (TPSA) is 46.3 Å². The summed E-state index contributed by atoms with van der Waals surface area (Å²) in [6, 6.07) is 0.261. The van der Waals surface area contributed by atoms with Gasteiger partial charge in [-0.05, 0) is 37.0 Å². The zero-order valence-corrected chi connectivity index (χ0v) is 12.5. The molecule has 0 radical (unpaired) electrons. The summed E-state index contributed by atoms with van der Waals surface area (Å²) >= 11 is 0. The number of carbonyl (C=O) groups is 1. The maximum Gasteiger partial charge on any atom is 0.222 e. The first kappa shape index (κ1) is 15.8. The van der Waals surface area contributed by atoms with Crippen LogP contribution in [-0.2, 0) is 4.79 Å². The Hall–Kier alpha value is -0.280. The van der Waals surface area contributed by atoms with Gasteiger partial charge >= 0.3 is 0 Å². The first-order chi connectivity index (χ1) is 7.98. The minimum absolute atomic E-state index is 0. The molecule has 1 aliphatic carbocycles. The van der Waals surface area contributed by atoms with Crippen LogP contribution in [0.3, 0.4) is 0 Å². The molecule has 1 heterocycles. The minimum atomic E-state index is 0. The number of piperidine rings is 1. The summed E-state index contributed by atoms with van der Waals surface area (Å²) in [6.45, 7) is 6.39. The van der Waals surface area contributed by atoms with Gasteiger partial charge in [-0.1, -0.05) is 20.3 Å².